The lowest BCUT2D eigenvalue weighted by atomic mass is 9.85. The zero-order valence-corrected chi connectivity index (χ0v) is 16.1. The van der Waals surface area contributed by atoms with Crippen molar-refractivity contribution in [3.05, 3.63) is 101 Å². The molecule has 1 atom stereocenters. The monoisotopic (exact) mass is 383 g/mol. The summed E-state index contributed by atoms with van der Waals surface area (Å²) in [5.74, 6) is -0.202. The summed E-state index contributed by atoms with van der Waals surface area (Å²) in [6.45, 7) is 2.33. The first-order valence-electron chi connectivity index (χ1n) is 9.81. The molecule has 0 fully saturated rings. The van der Waals surface area contributed by atoms with Crippen LogP contribution in [0.5, 0.6) is 5.75 Å². The number of anilines is 1. The van der Waals surface area contributed by atoms with Gasteiger partial charge in [-0.15, -0.1) is 0 Å². The van der Waals surface area contributed by atoms with Crippen molar-refractivity contribution >= 4 is 17.2 Å². The molecular formula is C25H21NO3. The highest BCUT2D eigenvalue weighted by Gasteiger charge is 2.51. The molecule has 3 aromatic carbocycles. The molecule has 5 rings (SSSR count). The molecule has 1 aliphatic carbocycles. The molecule has 29 heavy (non-hydrogen) atoms. The Hall–Kier alpha value is -3.53. The molecular weight excluding hydrogens is 362 g/mol. The van der Waals surface area contributed by atoms with Crippen LogP contribution in [-0.4, -0.2) is 17.7 Å². The van der Waals surface area contributed by atoms with Crippen LogP contribution >= 0.6 is 0 Å². The van der Waals surface area contributed by atoms with E-state index in [1.807, 2.05) is 60.7 Å². The number of benzene rings is 3. The Morgan fingerprint density at radius 2 is 1.76 bits per heavy atom. The third-order valence-corrected chi connectivity index (χ3v) is 5.88. The highest BCUT2D eigenvalue weighted by atomic mass is 16.5. The zero-order valence-electron chi connectivity index (χ0n) is 16.1. The summed E-state index contributed by atoms with van der Waals surface area (Å²) in [4.78, 5) is 12.6. The second kappa shape index (κ2) is 6.52. The van der Waals surface area contributed by atoms with Gasteiger partial charge in [0.25, 0.3) is 0 Å². The summed E-state index contributed by atoms with van der Waals surface area (Å²) in [6.07, 6.45) is 0.942. The number of para-hydroxylation sites is 2. The maximum atomic E-state index is 12.6. The van der Waals surface area contributed by atoms with E-state index in [-0.39, 0.29) is 6.61 Å². The van der Waals surface area contributed by atoms with Crippen molar-refractivity contribution in [3.63, 3.8) is 0 Å². The molecule has 0 amide bonds. The van der Waals surface area contributed by atoms with Crippen LogP contribution in [-0.2, 0) is 16.8 Å². The van der Waals surface area contributed by atoms with Crippen LogP contribution in [0.25, 0.3) is 5.57 Å². The Bertz CT molecular complexity index is 1150. The van der Waals surface area contributed by atoms with Gasteiger partial charge < -0.3 is 15.2 Å². The van der Waals surface area contributed by atoms with Crippen LogP contribution in [0, 0.1) is 0 Å². The van der Waals surface area contributed by atoms with E-state index in [1.54, 1.807) is 0 Å². The fourth-order valence-electron chi connectivity index (χ4n) is 4.48. The Labute approximate surface area is 169 Å². The van der Waals surface area contributed by atoms with E-state index in [9.17, 15) is 9.90 Å². The van der Waals surface area contributed by atoms with E-state index in [0.29, 0.717) is 5.57 Å². The first kappa shape index (κ1) is 17.6. The highest BCUT2D eigenvalue weighted by Crippen LogP contribution is 2.52. The third-order valence-electron chi connectivity index (χ3n) is 5.88. The predicted octanol–water partition coefficient (Wildman–Crippen LogP) is 4.85. The van der Waals surface area contributed by atoms with Crippen LogP contribution in [0.4, 0.5) is 5.69 Å². The van der Waals surface area contributed by atoms with E-state index in [0.717, 1.165) is 40.1 Å². The molecule has 2 N–H and O–H groups in total. The van der Waals surface area contributed by atoms with E-state index >= 15 is 0 Å². The molecule has 4 nitrogen and oxygen atoms in total. The number of ether oxygens (including phenoxy) is 1. The second-order valence-corrected chi connectivity index (χ2v) is 7.47. The summed E-state index contributed by atoms with van der Waals surface area (Å²) in [7, 11) is 0. The number of nitrogens with one attached hydrogen (secondary N) is 1. The Kier molecular flexibility index (Phi) is 3.95. The average molecular weight is 383 g/mol. The normalized spacial score (nSPS) is 19.3. The first-order chi connectivity index (χ1) is 14.1. The number of carbonyl (C=O) groups is 1. The lowest BCUT2D eigenvalue weighted by Gasteiger charge is -2.38. The number of hydrogen-bond donors (Lipinski definition) is 2. The minimum Gasteiger partial charge on any atom is -0.488 e. The van der Waals surface area contributed by atoms with Gasteiger partial charge >= 0.3 is 5.97 Å². The van der Waals surface area contributed by atoms with Gasteiger partial charge in [-0.3, -0.25) is 0 Å². The summed E-state index contributed by atoms with van der Waals surface area (Å²) >= 11 is 0. The van der Waals surface area contributed by atoms with E-state index < -0.39 is 11.5 Å². The number of fused-ring (bicyclic) bond motifs is 3. The largest absolute Gasteiger partial charge is 0.488 e. The molecule has 2 aliphatic rings. The van der Waals surface area contributed by atoms with Crippen LogP contribution < -0.4 is 10.1 Å². The van der Waals surface area contributed by atoms with Crippen LogP contribution in [0.2, 0.25) is 0 Å². The summed E-state index contributed by atoms with van der Waals surface area (Å²) < 4.78 is 6.06. The van der Waals surface area contributed by atoms with Gasteiger partial charge in [0.15, 0.2) is 0 Å². The lowest BCUT2D eigenvalue weighted by molar-refractivity contribution is -0.133. The molecule has 4 heteroatoms. The number of carboxylic acid groups (broad SMARTS) is 1. The van der Waals surface area contributed by atoms with Crippen molar-refractivity contribution in [2.24, 2.45) is 0 Å². The molecule has 0 saturated heterocycles. The first-order valence-corrected chi connectivity index (χ1v) is 9.81. The molecule has 1 heterocycles. The second-order valence-electron chi connectivity index (χ2n) is 7.47. The molecule has 144 valence electrons. The van der Waals surface area contributed by atoms with Gasteiger partial charge in [0.05, 0.1) is 11.3 Å². The number of rotatable bonds is 3. The van der Waals surface area contributed by atoms with Gasteiger partial charge in [0, 0.05) is 5.57 Å². The summed E-state index contributed by atoms with van der Waals surface area (Å²) in [6, 6.07) is 23.7. The van der Waals surface area contributed by atoms with Gasteiger partial charge in [0.2, 0.25) is 0 Å². The van der Waals surface area contributed by atoms with Crippen molar-refractivity contribution in [1.29, 1.82) is 0 Å². The molecule has 0 saturated carbocycles. The summed E-state index contributed by atoms with van der Waals surface area (Å²) in [5, 5.41) is 13.8. The SMILES string of the molecule is CCc1ccc(C2=C(C(=O)O)C3(COc4ccccc4N3)c3ccccc32)cc1. The highest BCUT2D eigenvalue weighted by molar-refractivity contribution is 6.08. The van der Waals surface area contributed by atoms with Crippen LogP contribution in [0.3, 0.4) is 0 Å². The zero-order chi connectivity index (χ0) is 20.0. The molecule has 0 bridgehead atoms. The molecule has 1 aliphatic heterocycles. The van der Waals surface area contributed by atoms with Crippen LogP contribution in [0.15, 0.2) is 78.4 Å². The molecule has 1 unspecified atom stereocenters. The predicted molar refractivity (Wildman–Crippen MR) is 113 cm³/mol. The Balaban J connectivity index is 1.77. The Morgan fingerprint density at radius 3 is 2.52 bits per heavy atom. The van der Waals surface area contributed by atoms with E-state index in [1.165, 1.54) is 5.56 Å². The quantitative estimate of drug-likeness (QED) is 0.679. The van der Waals surface area contributed by atoms with Gasteiger partial charge in [0.1, 0.15) is 17.9 Å². The minimum absolute atomic E-state index is 0.221. The van der Waals surface area contributed by atoms with Gasteiger partial charge in [-0.25, -0.2) is 4.79 Å². The maximum Gasteiger partial charge on any atom is 0.335 e. The Morgan fingerprint density at radius 1 is 1.03 bits per heavy atom. The van der Waals surface area contributed by atoms with Gasteiger partial charge in [-0.2, -0.15) is 0 Å². The standard InChI is InChI=1S/C25H21NO3/c1-2-16-11-13-17(14-12-16)22-18-7-3-4-8-19(18)25(23(22)24(27)28)15-29-21-10-6-5-9-20(21)26-25/h3-14,26H,2,15H2,1H3,(H,27,28). The number of aryl methyl sites for hydroxylation is 1. The molecule has 1 spiro atoms. The minimum atomic E-state index is -0.939. The smallest absolute Gasteiger partial charge is 0.335 e. The van der Waals surface area contributed by atoms with E-state index in [2.05, 4.69) is 24.4 Å². The van der Waals surface area contributed by atoms with Crippen molar-refractivity contribution in [2.45, 2.75) is 18.9 Å². The molecule has 0 aromatic heterocycles. The maximum absolute atomic E-state index is 12.6. The van der Waals surface area contributed by atoms with Gasteiger partial charge in [-0.1, -0.05) is 67.6 Å². The number of aliphatic carboxylic acids is 1. The summed E-state index contributed by atoms with van der Waals surface area (Å²) in [5.41, 5.74) is 4.95. The van der Waals surface area contributed by atoms with Gasteiger partial charge in [-0.05, 0) is 40.8 Å². The number of carboxylic acids is 1. The average Bonchev–Trinajstić information content (AvgIpc) is 3.04. The van der Waals surface area contributed by atoms with Crippen molar-refractivity contribution in [1.82, 2.24) is 0 Å². The number of hydrogen-bond acceptors (Lipinski definition) is 3. The fourth-order valence-corrected chi connectivity index (χ4v) is 4.48. The van der Waals surface area contributed by atoms with Crippen molar-refractivity contribution in [2.75, 3.05) is 11.9 Å². The van der Waals surface area contributed by atoms with E-state index in [4.69, 9.17) is 4.74 Å². The lowest BCUT2D eigenvalue weighted by Crippen LogP contribution is -2.46. The topological polar surface area (TPSA) is 58.6 Å². The van der Waals surface area contributed by atoms with Crippen molar-refractivity contribution < 1.29 is 14.6 Å². The molecule has 0 radical (unpaired) electrons. The van der Waals surface area contributed by atoms with Crippen LogP contribution in [0.1, 0.15) is 29.2 Å². The fraction of sp³-hybridized carbons (Fsp3) is 0.160. The third kappa shape index (κ3) is 2.56. The van der Waals surface area contributed by atoms with Crippen molar-refractivity contribution in [3.8, 4) is 5.75 Å². The molecule has 3 aromatic rings.